The van der Waals surface area contributed by atoms with E-state index in [1.807, 2.05) is 5.32 Å². The lowest BCUT2D eigenvalue weighted by atomic mass is 10.3. The first-order valence-electron chi connectivity index (χ1n) is 2.37. The quantitative estimate of drug-likeness (QED) is 0.533. The fraction of sp³-hybridized carbons (Fsp3) is 0.750. The largest absolute Gasteiger partial charge is 0.406 e. The van der Waals surface area contributed by atoms with Gasteiger partial charge in [-0.05, 0) is 0 Å². The Morgan fingerprint density at radius 1 is 1.56 bits per heavy atom. The molecule has 2 nitrogen and oxygen atoms in total. The van der Waals surface area contributed by atoms with E-state index in [-0.39, 0.29) is 6.61 Å². The summed E-state index contributed by atoms with van der Waals surface area (Å²) in [6, 6.07) is -1.52. The molecule has 1 radical (unpaired) electrons. The van der Waals surface area contributed by atoms with Gasteiger partial charge in [-0.2, -0.15) is 13.2 Å². The Balaban J connectivity index is 2.42. The molecule has 1 aliphatic heterocycles. The molecule has 1 unspecified atom stereocenters. The lowest BCUT2D eigenvalue weighted by molar-refractivity contribution is -0.152. The first-order chi connectivity index (χ1) is 4.11. The van der Waals surface area contributed by atoms with Crippen molar-refractivity contribution in [2.75, 3.05) is 6.61 Å². The van der Waals surface area contributed by atoms with Crippen molar-refractivity contribution in [3.05, 3.63) is 6.73 Å². The van der Waals surface area contributed by atoms with Crippen LogP contribution in [0.2, 0.25) is 0 Å². The maximum absolute atomic E-state index is 11.6. The lowest BCUT2D eigenvalue weighted by Gasteiger charge is -2.11. The summed E-state index contributed by atoms with van der Waals surface area (Å²) in [5.74, 6) is 0. The average Bonchev–Trinajstić information content (AvgIpc) is 2.08. The van der Waals surface area contributed by atoms with Gasteiger partial charge in [0.2, 0.25) is 0 Å². The molecule has 1 rings (SSSR count). The topological polar surface area (TPSA) is 21.3 Å². The summed E-state index contributed by atoms with van der Waals surface area (Å²) in [6.07, 6.45) is -4.19. The Morgan fingerprint density at radius 2 is 2.22 bits per heavy atom. The molecule has 0 aromatic carbocycles. The van der Waals surface area contributed by atoms with E-state index in [0.29, 0.717) is 0 Å². The maximum atomic E-state index is 11.6. The van der Waals surface area contributed by atoms with Crippen LogP contribution in [0.25, 0.3) is 0 Å². The molecule has 53 valence electrons. The minimum absolute atomic E-state index is 0.316. The van der Waals surface area contributed by atoms with Gasteiger partial charge < -0.3 is 4.74 Å². The number of ether oxygens (including phenoxy) is 1. The Kier molecular flexibility index (Phi) is 1.63. The number of nitrogens with one attached hydrogen (secondary N) is 1. The summed E-state index contributed by atoms with van der Waals surface area (Å²) in [5.41, 5.74) is 0. The van der Waals surface area contributed by atoms with Gasteiger partial charge in [-0.1, -0.05) is 0 Å². The van der Waals surface area contributed by atoms with Crippen LogP contribution in [0.15, 0.2) is 0 Å². The molecule has 1 atom stereocenters. The molecule has 0 bridgehead atoms. The van der Waals surface area contributed by atoms with Crippen molar-refractivity contribution in [2.24, 2.45) is 0 Å². The second kappa shape index (κ2) is 2.15. The second-order valence-electron chi connectivity index (χ2n) is 1.71. The Bertz CT molecular complexity index is 96.5. The summed E-state index contributed by atoms with van der Waals surface area (Å²) in [4.78, 5) is 0. The van der Waals surface area contributed by atoms with Crippen LogP contribution < -0.4 is 5.32 Å². The standard InChI is InChI=1S/C4H5F3NO/c5-4(6,7)3-1-9-2-8-3/h2-3,8H,1H2. The number of halogens is 3. The van der Waals surface area contributed by atoms with Gasteiger partial charge >= 0.3 is 6.18 Å². The molecule has 0 amide bonds. The van der Waals surface area contributed by atoms with E-state index in [0.717, 1.165) is 6.73 Å². The van der Waals surface area contributed by atoms with Gasteiger partial charge in [0.25, 0.3) is 0 Å². The van der Waals surface area contributed by atoms with Crippen LogP contribution in [0.1, 0.15) is 0 Å². The number of rotatable bonds is 0. The van der Waals surface area contributed by atoms with E-state index in [4.69, 9.17) is 0 Å². The fourth-order valence-corrected chi connectivity index (χ4v) is 0.512. The minimum Gasteiger partial charge on any atom is -0.357 e. The van der Waals surface area contributed by atoms with Gasteiger partial charge in [-0.25, -0.2) is 0 Å². The highest BCUT2D eigenvalue weighted by Crippen LogP contribution is 2.22. The van der Waals surface area contributed by atoms with E-state index >= 15 is 0 Å². The van der Waals surface area contributed by atoms with Gasteiger partial charge in [-0.15, -0.1) is 0 Å². The van der Waals surface area contributed by atoms with Gasteiger partial charge in [0.05, 0.1) is 6.61 Å². The van der Waals surface area contributed by atoms with Gasteiger partial charge in [0.15, 0.2) is 0 Å². The number of alkyl halides is 3. The molecule has 1 saturated heterocycles. The van der Waals surface area contributed by atoms with Crippen LogP contribution in [-0.4, -0.2) is 18.8 Å². The highest BCUT2D eigenvalue weighted by molar-refractivity contribution is 4.80. The highest BCUT2D eigenvalue weighted by atomic mass is 19.4. The van der Waals surface area contributed by atoms with Crippen LogP contribution in [0.4, 0.5) is 13.2 Å². The van der Waals surface area contributed by atoms with Crippen LogP contribution in [0.3, 0.4) is 0 Å². The lowest BCUT2D eigenvalue weighted by Crippen LogP contribution is -2.38. The zero-order chi connectivity index (χ0) is 6.91. The summed E-state index contributed by atoms with van der Waals surface area (Å²) in [7, 11) is 0. The molecule has 9 heavy (non-hydrogen) atoms. The Hall–Kier alpha value is -0.290. The fourth-order valence-electron chi connectivity index (χ4n) is 0.512. The van der Waals surface area contributed by atoms with Crippen molar-refractivity contribution < 1.29 is 17.9 Å². The minimum atomic E-state index is -4.19. The molecule has 5 heteroatoms. The van der Waals surface area contributed by atoms with Crippen molar-refractivity contribution in [2.45, 2.75) is 12.2 Å². The second-order valence-corrected chi connectivity index (χ2v) is 1.71. The van der Waals surface area contributed by atoms with E-state index in [9.17, 15) is 13.2 Å². The van der Waals surface area contributed by atoms with Gasteiger partial charge in [0.1, 0.15) is 12.8 Å². The summed E-state index contributed by atoms with van der Waals surface area (Å²) in [6.45, 7) is 0.641. The predicted octanol–water partition coefficient (Wildman–Crippen LogP) is 0.656. The molecular weight excluding hydrogens is 135 g/mol. The molecule has 1 heterocycles. The van der Waals surface area contributed by atoms with Crippen LogP contribution in [0, 0.1) is 6.73 Å². The zero-order valence-corrected chi connectivity index (χ0v) is 4.40. The van der Waals surface area contributed by atoms with E-state index in [1.165, 1.54) is 0 Å². The highest BCUT2D eigenvalue weighted by Gasteiger charge is 2.41. The third kappa shape index (κ3) is 1.56. The normalized spacial score (nSPS) is 29.0. The molecule has 1 fully saturated rings. The van der Waals surface area contributed by atoms with Gasteiger partial charge in [0, 0.05) is 0 Å². The van der Waals surface area contributed by atoms with Crippen LogP contribution in [0.5, 0.6) is 0 Å². The van der Waals surface area contributed by atoms with Crippen molar-refractivity contribution in [3.63, 3.8) is 0 Å². The van der Waals surface area contributed by atoms with Crippen LogP contribution in [-0.2, 0) is 4.74 Å². The SMILES string of the molecule is FC(F)(F)C1CO[CH]N1. The molecule has 0 aliphatic carbocycles. The first-order valence-corrected chi connectivity index (χ1v) is 2.37. The van der Waals surface area contributed by atoms with Gasteiger partial charge in [-0.3, -0.25) is 5.32 Å². The Morgan fingerprint density at radius 3 is 2.44 bits per heavy atom. The van der Waals surface area contributed by atoms with Crippen LogP contribution >= 0.6 is 0 Å². The smallest absolute Gasteiger partial charge is 0.357 e. The molecule has 1 aliphatic rings. The summed E-state index contributed by atoms with van der Waals surface area (Å²) < 4.78 is 39.1. The van der Waals surface area contributed by atoms with Crippen molar-refractivity contribution in [1.29, 1.82) is 0 Å². The predicted molar refractivity (Wildman–Crippen MR) is 23.2 cm³/mol. The monoisotopic (exact) mass is 140 g/mol. The Labute approximate surface area is 50.0 Å². The summed E-state index contributed by atoms with van der Waals surface area (Å²) in [5, 5.41) is 2.02. The first kappa shape index (κ1) is 6.82. The maximum Gasteiger partial charge on any atom is 0.406 e. The van der Waals surface area contributed by atoms with E-state index in [1.54, 1.807) is 0 Å². The third-order valence-electron chi connectivity index (χ3n) is 1.01. The number of hydrogen-bond donors (Lipinski definition) is 1. The van der Waals surface area contributed by atoms with Crippen molar-refractivity contribution >= 4 is 0 Å². The summed E-state index contributed by atoms with van der Waals surface area (Å²) >= 11 is 0. The molecule has 0 aromatic heterocycles. The molecule has 0 aromatic rings. The van der Waals surface area contributed by atoms with Crippen molar-refractivity contribution in [3.8, 4) is 0 Å². The zero-order valence-electron chi connectivity index (χ0n) is 4.40. The average molecular weight is 140 g/mol. The van der Waals surface area contributed by atoms with Crippen molar-refractivity contribution in [1.82, 2.24) is 5.32 Å². The molecule has 0 saturated carbocycles. The molecule has 0 spiro atoms. The molecule has 1 N–H and O–H groups in total. The van der Waals surface area contributed by atoms with E-state index < -0.39 is 12.2 Å². The number of hydrogen-bond acceptors (Lipinski definition) is 2. The molecular formula is C4H5F3NO. The third-order valence-corrected chi connectivity index (χ3v) is 1.01. The van der Waals surface area contributed by atoms with E-state index in [2.05, 4.69) is 4.74 Å².